The highest BCUT2D eigenvalue weighted by molar-refractivity contribution is 6.05. The molecule has 2 aromatic carbocycles. The molecular formula is C16H16O. The molecule has 0 aliphatic heterocycles. The quantitative estimate of drug-likeness (QED) is 0.614. The number of para-hydroxylation sites is 1. The first-order valence-electron chi connectivity index (χ1n) is 6.26. The van der Waals surface area contributed by atoms with Crippen LogP contribution in [0.15, 0.2) is 40.8 Å². The van der Waals surface area contributed by atoms with E-state index in [1.165, 1.54) is 21.9 Å². The van der Waals surface area contributed by atoms with E-state index in [1.807, 2.05) is 0 Å². The van der Waals surface area contributed by atoms with Crippen molar-refractivity contribution in [1.82, 2.24) is 0 Å². The molecule has 0 fully saturated rings. The van der Waals surface area contributed by atoms with E-state index >= 15 is 0 Å². The molecule has 0 bridgehead atoms. The summed E-state index contributed by atoms with van der Waals surface area (Å²) < 4.78 is 6.02. The molecule has 0 aliphatic rings. The standard InChI is InChI=1S/C16H16O/c1-3-11-8-9-13-14-7-5-6-12(4-2)16(14)17-15(13)10-11/h5-10H,3-4H2,1-2H3. The second kappa shape index (κ2) is 3.92. The highest BCUT2D eigenvalue weighted by Crippen LogP contribution is 2.31. The monoisotopic (exact) mass is 224 g/mol. The molecule has 1 heteroatoms. The van der Waals surface area contributed by atoms with Crippen LogP contribution in [0.3, 0.4) is 0 Å². The van der Waals surface area contributed by atoms with Crippen molar-refractivity contribution < 1.29 is 4.42 Å². The fraction of sp³-hybridized carbons (Fsp3) is 0.250. The predicted molar refractivity (Wildman–Crippen MR) is 72.5 cm³/mol. The molecule has 3 rings (SSSR count). The number of hydrogen-bond acceptors (Lipinski definition) is 1. The summed E-state index contributed by atoms with van der Waals surface area (Å²) in [6.45, 7) is 4.33. The fourth-order valence-corrected chi connectivity index (χ4v) is 2.40. The predicted octanol–water partition coefficient (Wildman–Crippen LogP) is 4.71. The molecule has 17 heavy (non-hydrogen) atoms. The smallest absolute Gasteiger partial charge is 0.138 e. The van der Waals surface area contributed by atoms with Crippen molar-refractivity contribution in [3.63, 3.8) is 0 Å². The van der Waals surface area contributed by atoms with Gasteiger partial charge in [0.15, 0.2) is 0 Å². The zero-order valence-corrected chi connectivity index (χ0v) is 10.3. The Morgan fingerprint density at radius 1 is 0.941 bits per heavy atom. The third kappa shape index (κ3) is 1.54. The third-order valence-corrected chi connectivity index (χ3v) is 3.43. The van der Waals surface area contributed by atoms with Crippen LogP contribution < -0.4 is 0 Å². The van der Waals surface area contributed by atoms with Crippen LogP contribution >= 0.6 is 0 Å². The van der Waals surface area contributed by atoms with Gasteiger partial charge in [0, 0.05) is 10.8 Å². The van der Waals surface area contributed by atoms with Gasteiger partial charge in [-0.15, -0.1) is 0 Å². The normalized spacial score (nSPS) is 11.4. The van der Waals surface area contributed by atoms with Crippen LogP contribution in [0.4, 0.5) is 0 Å². The summed E-state index contributed by atoms with van der Waals surface area (Å²) in [5.41, 5.74) is 4.69. The largest absolute Gasteiger partial charge is 0.456 e. The van der Waals surface area contributed by atoms with Gasteiger partial charge in [-0.1, -0.05) is 44.2 Å². The fourth-order valence-electron chi connectivity index (χ4n) is 2.40. The maximum absolute atomic E-state index is 6.02. The lowest BCUT2D eigenvalue weighted by Gasteiger charge is -1.96. The zero-order valence-electron chi connectivity index (χ0n) is 10.3. The van der Waals surface area contributed by atoms with Crippen molar-refractivity contribution >= 4 is 21.9 Å². The molecular weight excluding hydrogens is 208 g/mol. The Hall–Kier alpha value is -1.76. The van der Waals surface area contributed by atoms with Crippen molar-refractivity contribution in [1.29, 1.82) is 0 Å². The second-order valence-corrected chi connectivity index (χ2v) is 4.43. The van der Waals surface area contributed by atoms with Crippen molar-refractivity contribution in [2.45, 2.75) is 26.7 Å². The van der Waals surface area contributed by atoms with Crippen LogP contribution in [0, 0.1) is 0 Å². The van der Waals surface area contributed by atoms with Gasteiger partial charge in [-0.2, -0.15) is 0 Å². The number of furan rings is 1. The van der Waals surface area contributed by atoms with Gasteiger partial charge < -0.3 is 4.42 Å². The average molecular weight is 224 g/mol. The van der Waals surface area contributed by atoms with Gasteiger partial charge in [0.2, 0.25) is 0 Å². The van der Waals surface area contributed by atoms with E-state index in [-0.39, 0.29) is 0 Å². The van der Waals surface area contributed by atoms with E-state index in [1.54, 1.807) is 0 Å². The molecule has 1 aromatic heterocycles. The lowest BCUT2D eigenvalue weighted by molar-refractivity contribution is 0.663. The summed E-state index contributed by atoms with van der Waals surface area (Å²) in [4.78, 5) is 0. The van der Waals surface area contributed by atoms with Crippen LogP contribution in [0.1, 0.15) is 25.0 Å². The minimum absolute atomic E-state index is 1.01. The van der Waals surface area contributed by atoms with Gasteiger partial charge in [-0.05, 0) is 30.0 Å². The lowest BCUT2D eigenvalue weighted by atomic mass is 10.1. The van der Waals surface area contributed by atoms with Crippen LogP contribution in [0.25, 0.3) is 21.9 Å². The lowest BCUT2D eigenvalue weighted by Crippen LogP contribution is -1.78. The van der Waals surface area contributed by atoms with Crippen LogP contribution in [-0.4, -0.2) is 0 Å². The van der Waals surface area contributed by atoms with E-state index in [4.69, 9.17) is 4.42 Å². The van der Waals surface area contributed by atoms with Crippen molar-refractivity contribution in [2.24, 2.45) is 0 Å². The summed E-state index contributed by atoms with van der Waals surface area (Å²) in [6.07, 6.45) is 2.06. The number of fused-ring (bicyclic) bond motifs is 3. The van der Waals surface area contributed by atoms with Crippen molar-refractivity contribution in [3.05, 3.63) is 47.5 Å². The van der Waals surface area contributed by atoms with Gasteiger partial charge >= 0.3 is 0 Å². The molecule has 0 unspecified atom stereocenters. The summed E-state index contributed by atoms with van der Waals surface area (Å²) in [6, 6.07) is 12.9. The first-order valence-corrected chi connectivity index (χ1v) is 6.26. The molecule has 3 aromatic rings. The first-order chi connectivity index (χ1) is 8.33. The Morgan fingerprint density at radius 3 is 2.59 bits per heavy atom. The number of hydrogen-bond donors (Lipinski definition) is 0. The van der Waals surface area contributed by atoms with E-state index < -0.39 is 0 Å². The van der Waals surface area contributed by atoms with Gasteiger partial charge in [0.25, 0.3) is 0 Å². The van der Waals surface area contributed by atoms with Gasteiger partial charge in [0.05, 0.1) is 0 Å². The van der Waals surface area contributed by atoms with Crippen molar-refractivity contribution in [2.75, 3.05) is 0 Å². The minimum Gasteiger partial charge on any atom is -0.456 e. The number of rotatable bonds is 2. The molecule has 0 saturated heterocycles. The van der Waals surface area contributed by atoms with E-state index in [9.17, 15) is 0 Å². The maximum Gasteiger partial charge on any atom is 0.138 e. The minimum atomic E-state index is 1.01. The Morgan fingerprint density at radius 2 is 1.82 bits per heavy atom. The van der Waals surface area contributed by atoms with E-state index in [2.05, 4.69) is 50.2 Å². The molecule has 86 valence electrons. The molecule has 0 radical (unpaired) electrons. The molecule has 1 nitrogen and oxygen atoms in total. The molecule has 0 spiro atoms. The first kappa shape index (κ1) is 10.4. The average Bonchev–Trinajstić information content (AvgIpc) is 2.75. The third-order valence-electron chi connectivity index (χ3n) is 3.43. The Balaban J connectivity index is 2.40. The molecule has 1 heterocycles. The van der Waals surface area contributed by atoms with Gasteiger partial charge in [0.1, 0.15) is 11.2 Å². The van der Waals surface area contributed by atoms with Gasteiger partial charge in [-0.3, -0.25) is 0 Å². The van der Waals surface area contributed by atoms with Crippen LogP contribution in [0.5, 0.6) is 0 Å². The van der Waals surface area contributed by atoms with Crippen LogP contribution in [-0.2, 0) is 12.8 Å². The number of aryl methyl sites for hydroxylation is 2. The van der Waals surface area contributed by atoms with Crippen LogP contribution in [0.2, 0.25) is 0 Å². The second-order valence-electron chi connectivity index (χ2n) is 4.43. The zero-order chi connectivity index (χ0) is 11.8. The molecule has 0 saturated carbocycles. The Labute approximate surface area is 101 Å². The SMILES string of the molecule is CCc1ccc2c(c1)oc1c(CC)cccc12. The maximum atomic E-state index is 6.02. The molecule has 0 amide bonds. The molecule has 0 atom stereocenters. The summed E-state index contributed by atoms with van der Waals surface area (Å²) in [5, 5.41) is 2.47. The summed E-state index contributed by atoms with van der Waals surface area (Å²) >= 11 is 0. The van der Waals surface area contributed by atoms with Gasteiger partial charge in [-0.25, -0.2) is 0 Å². The number of benzene rings is 2. The summed E-state index contributed by atoms with van der Waals surface area (Å²) in [5.74, 6) is 0. The Kier molecular flexibility index (Phi) is 2.40. The van der Waals surface area contributed by atoms with E-state index in [0.717, 1.165) is 24.0 Å². The topological polar surface area (TPSA) is 13.1 Å². The molecule has 0 aliphatic carbocycles. The molecule has 0 N–H and O–H groups in total. The van der Waals surface area contributed by atoms with Crippen molar-refractivity contribution in [3.8, 4) is 0 Å². The Bertz CT molecular complexity index is 676. The highest BCUT2D eigenvalue weighted by Gasteiger charge is 2.09. The highest BCUT2D eigenvalue weighted by atomic mass is 16.3. The van der Waals surface area contributed by atoms with E-state index in [0.29, 0.717) is 0 Å². The summed E-state index contributed by atoms with van der Waals surface area (Å²) in [7, 11) is 0.